The number of unbranched alkanes of at least 4 members (excludes halogenated alkanes) is 3. The Hall–Kier alpha value is -1.63. The number of carbonyl (C=O) groups excluding carboxylic acids is 3. The van der Waals surface area contributed by atoms with E-state index in [0.29, 0.717) is 19.6 Å². The van der Waals surface area contributed by atoms with Crippen LogP contribution in [-0.4, -0.2) is 48.1 Å². The van der Waals surface area contributed by atoms with E-state index < -0.39 is 36.2 Å². The molecular weight excluding hydrogens is 322 g/mol. The molecule has 0 heterocycles. The summed E-state index contributed by atoms with van der Waals surface area (Å²) in [6.07, 6.45) is 4.34. The van der Waals surface area contributed by atoms with Gasteiger partial charge in [-0.2, -0.15) is 0 Å². The quantitative estimate of drug-likeness (QED) is 0.351. The molecule has 0 saturated heterocycles. The Kier molecular flexibility index (Phi) is 12.7. The number of aliphatic hydroxyl groups is 1. The largest absolute Gasteiger partial charge is 0.379 e. The highest BCUT2D eigenvalue weighted by Crippen LogP contribution is 2.16. The zero-order valence-electron chi connectivity index (χ0n) is 16.0. The third-order valence-electron chi connectivity index (χ3n) is 3.85. The summed E-state index contributed by atoms with van der Waals surface area (Å²) in [5, 5.41) is 18.7. The second kappa shape index (κ2) is 13.6. The van der Waals surface area contributed by atoms with E-state index in [-0.39, 0.29) is 0 Å². The molecular formula is C18H35N3O4. The molecule has 7 nitrogen and oxygen atoms in total. The van der Waals surface area contributed by atoms with Gasteiger partial charge in [0.25, 0.3) is 5.91 Å². The minimum atomic E-state index is -2.03. The molecule has 146 valence electrons. The van der Waals surface area contributed by atoms with Crippen LogP contribution in [0.5, 0.6) is 0 Å². The van der Waals surface area contributed by atoms with Crippen LogP contribution >= 0.6 is 0 Å². The predicted molar refractivity (Wildman–Crippen MR) is 97.9 cm³/mol. The predicted octanol–water partition coefficient (Wildman–Crippen LogP) is 1.25. The molecule has 3 amide bonds. The van der Waals surface area contributed by atoms with Crippen LogP contribution in [0.3, 0.4) is 0 Å². The van der Waals surface area contributed by atoms with Gasteiger partial charge >= 0.3 is 0 Å². The Bertz CT molecular complexity index is 389. The molecule has 0 rings (SSSR count). The SMILES string of the molecule is CCCCNC(=O)CC(O)(CC(=O)NCCCC)C(=O)NCCCC. The average molecular weight is 357 g/mol. The van der Waals surface area contributed by atoms with E-state index in [1.807, 2.05) is 20.8 Å². The third-order valence-corrected chi connectivity index (χ3v) is 3.85. The van der Waals surface area contributed by atoms with Gasteiger partial charge in [0.15, 0.2) is 5.60 Å². The van der Waals surface area contributed by atoms with Crippen molar-refractivity contribution < 1.29 is 19.5 Å². The first-order valence-electron chi connectivity index (χ1n) is 9.43. The molecule has 25 heavy (non-hydrogen) atoms. The Morgan fingerprint density at radius 3 is 1.44 bits per heavy atom. The number of hydrogen-bond donors (Lipinski definition) is 4. The molecule has 0 aromatic carbocycles. The Morgan fingerprint density at radius 1 is 0.720 bits per heavy atom. The number of carbonyl (C=O) groups is 3. The fourth-order valence-electron chi connectivity index (χ4n) is 2.23. The van der Waals surface area contributed by atoms with E-state index >= 15 is 0 Å². The van der Waals surface area contributed by atoms with Crippen molar-refractivity contribution in [3.63, 3.8) is 0 Å². The van der Waals surface area contributed by atoms with E-state index in [1.54, 1.807) is 0 Å². The van der Waals surface area contributed by atoms with E-state index in [4.69, 9.17) is 0 Å². The Balaban J connectivity index is 4.80. The highest BCUT2D eigenvalue weighted by atomic mass is 16.3. The summed E-state index contributed by atoms with van der Waals surface area (Å²) in [6.45, 7) is 7.39. The van der Waals surface area contributed by atoms with E-state index in [0.717, 1.165) is 38.5 Å². The maximum Gasteiger partial charge on any atom is 0.253 e. The number of amides is 3. The number of hydrogen-bond acceptors (Lipinski definition) is 4. The maximum atomic E-state index is 12.3. The van der Waals surface area contributed by atoms with Crippen molar-refractivity contribution in [1.29, 1.82) is 0 Å². The van der Waals surface area contributed by atoms with Gasteiger partial charge in [0.05, 0.1) is 12.8 Å². The lowest BCUT2D eigenvalue weighted by Gasteiger charge is -2.26. The molecule has 0 radical (unpaired) electrons. The van der Waals surface area contributed by atoms with Crippen molar-refractivity contribution in [1.82, 2.24) is 16.0 Å². The van der Waals surface area contributed by atoms with Crippen LogP contribution in [0.15, 0.2) is 0 Å². The summed E-state index contributed by atoms with van der Waals surface area (Å²) in [5.74, 6) is -1.52. The molecule has 0 bridgehead atoms. The number of rotatable bonds is 14. The van der Waals surface area contributed by atoms with E-state index in [2.05, 4.69) is 16.0 Å². The van der Waals surface area contributed by atoms with Gasteiger partial charge in [0, 0.05) is 19.6 Å². The fraction of sp³-hybridized carbons (Fsp3) is 0.833. The molecule has 0 unspecified atom stereocenters. The minimum Gasteiger partial charge on any atom is -0.379 e. The zero-order chi connectivity index (χ0) is 19.1. The summed E-state index contributed by atoms with van der Waals surface area (Å²) in [6, 6.07) is 0. The normalized spacial score (nSPS) is 11.0. The van der Waals surface area contributed by atoms with Crippen LogP contribution < -0.4 is 16.0 Å². The maximum absolute atomic E-state index is 12.3. The van der Waals surface area contributed by atoms with Crippen LogP contribution in [0, 0.1) is 0 Å². The first-order chi connectivity index (χ1) is 11.9. The summed E-state index contributed by atoms with van der Waals surface area (Å²) >= 11 is 0. The molecule has 0 fully saturated rings. The molecule has 0 saturated carbocycles. The summed E-state index contributed by atoms with van der Waals surface area (Å²) in [4.78, 5) is 36.4. The van der Waals surface area contributed by atoms with Gasteiger partial charge in [0.1, 0.15) is 0 Å². The standard InChI is InChI=1S/C18H35N3O4/c1-4-7-10-19-15(22)13-18(25,17(24)21-12-9-6-3)14-16(23)20-11-8-5-2/h25H,4-14H2,1-3H3,(H,19,22)(H,20,23)(H,21,24). The van der Waals surface area contributed by atoms with Crippen molar-refractivity contribution in [2.45, 2.75) is 77.7 Å². The van der Waals surface area contributed by atoms with Gasteiger partial charge in [-0.15, -0.1) is 0 Å². The van der Waals surface area contributed by atoms with Crippen LogP contribution in [0.25, 0.3) is 0 Å². The lowest BCUT2D eigenvalue weighted by molar-refractivity contribution is -0.149. The smallest absolute Gasteiger partial charge is 0.253 e. The monoisotopic (exact) mass is 357 g/mol. The molecule has 0 aliphatic heterocycles. The molecule has 0 aromatic rings. The molecule has 0 aliphatic rings. The van der Waals surface area contributed by atoms with Crippen molar-refractivity contribution in [2.75, 3.05) is 19.6 Å². The van der Waals surface area contributed by atoms with Crippen molar-refractivity contribution in [3.05, 3.63) is 0 Å². The Morgan fingerprint density at radius 2 is 1.08 bits per heavy atom. The summed E-state index contributed by atoms with van der Waals surface area (Å²) in [5.41, 5.74) is -2.03. The molecule has 0 atom stereocenters. The lowest BCUT2D eigenvalue weighted by atomic mass is 9.93. The van der Waals surface area contributed by atoms with E-state index in [9.17, 15) is 19.5 Å². The van der Waals surface area contributed by atoms with Gasteiger partial charge in [-0.05, 0) is 19.3 Å². The van der Waals surface area contributed by atoms with Gasteiger partial charge in [0.2, 0.25) is 11.8 Å². The summed E-state index contributed by atoms with van der Waals surface area (Å²) < 4.78 is 0. The highest BCUT2D eigenvalue weighted by molar-refractivity contribution is 5.95. The Labute approximate surface area is 151 Å². The second-order valence-electron chi connectivity index (χ2n) is 6.40. The van der Waals surface area contributed by atoms with Gasteiger partial charge in [-0.1, -0.05) is 40.0 Å². The molecule has 0 spiro atoms. The highest BCUT2D eigenvalue weighted by Gasteiger charge is 2.40. The lowest BCUT2D eigenvalue weighted by Crippen LogP contribution is -2.52. The summed E-state index contributed by atoms with van der Waals surface area (Å²) in [7, 11) is 0. The first kappa shape index (κ1) is 23.4. The zero-order valence-corrected chi connectivity index (χ0v) is 16.0. The molecule has 0 aliphatic carbocycles. The topological polar surface area (TPSA) is 108 Å². The third kappa shape index (κ3) is 10.8. The molecule has 0 aromatic heterocycles. The fourth-order valence-corrected chi connectivity index (χ4v) is 2.23. The van der Waals surface area contributed by atoms with Gasteiger partial charge in [-0.25, -0.2) is 0 Å². The molecule has 4 N–H and O–H groups in total. The minimum absolute atomic E-state index is 0.409. The average Bonchev–Trinajstić information content (AvgIpc) is 2.55. The van der Waals surface area contributed by atoms with Crippen molar-refractivity contribution >= 4 is 17.7 Å². The molecule has 7 heteroatoms. The van der Waals surface area contributed by atoms with Crippen molar-refractivity contribution in [3.8, 4) is 0 Å². The van der Waals surface area contributed by atoms with Crippen molar-refractivity contribution in [2.24, 2.45) is 0 Å². The second-order valence-corrected chi connectivity index (χ2v) is 6.40. The van der Waals surface area contributed by atoms with Gasteiger partial charge in [-0.3, -0.25) is 14.4 Å². The van der Waals surface area contributed by atoms with Crippen LogP contribution in [0.4, 0.5) is 0 Å². The van der Waals surface area contributed by atoms with Crippen LogP contribution in [0.1, 0.15) is 72.1 Å². The van der Waals surface area contributed by atoms with Gasteiger partial charge < -0.3 is 21.1 Å². The number of nitrogens with one attached hydrogen (secondary N) is 3. The first-order valence-corrected chi connectivity index (χ1v) is 9.43. The van der Waals surface area contributed by atoms with Crippen LogP contribution in [-0.2, 0) is 14.4 Å². The van der Waals surface area contributed by atoms with Crippen LogP contribution in [0.2, 0.25) is 0 Å². The van der Waals surface area contributed by atoms with E-state index in [1.165, 1.54) is 0 Å².